The van der Waals surface area contributed by atoms with Crippen molar-refractivity contribution in [3.05, 3.63) is 53.4 Å². The van der Waals surface area contributed by atoms with Gasteiger partial charge in [-0.15, -0.1) is 0 Å². The van der Waals surface area contributed by atoms with Crippen molar-refractivity contribution in [1.29, 1.82) is 0 Å². The summed E-state index contributed by atoms with van der Waals surface area (Å²) in [7, 11) is 0. The summed E-state index contributed by atoms with van der Waals surface area (Å²) in [5.41, 5.74) is 1.95. The van der Waals surface area contributed by atoms with E-state index in [1.54, 1.807) is 6.07 Å². The van der Waals surface area contributed by atoms with E-state index in [0.29, 0.717) is 12.3 Å². The first-order chi connectivity index (χ1) is 10.7. The second-order valence-corrected chi connectivity index (χ2v) is 5.90. The van der Waals surface area contributed by atoms with Crippen LogP contribution in [0, 0.1) is 0 Å². The first-order valence-electron chi connectivity index (χ1n) is 7.70. The number of benzene rings is 1. The highest BCUT2D eigenvalue weighted by Crippen LogP contribution is 2.25. The molecule has 116 valence electrons. The molecule has 1 saturated heterocycles. The molecule has 1 fully saturated rings. The largest absolute Gasteiger partial charge is 0.351 e. The lowest BCUT2D eigenvalue weighted by Crippen LogP contribution is -2.48. The second kappa shape index (κ2) is 6.32. The number of carbonyl (C=O) groups excluding carboxylic acids is 1. The molecule has 2 aromatic rings. The Morgan fingerprint density at radius 3 is 2.82 bits per heavy atom. The molecule has 5 heteroatoms. The SMILES string of the molecule is CC(C)c1cc(C(=O)N2CCNCC2c2ccccc2)on1. The van der Waals surface area contributed by atoms with Gasteiger partial charge in [-0.2, -0.15) is 0 Å². The third kappa shape index (κ3) is 2.90. The number of amides is 1. The van der Waals surface area contributed by atoms with E-state index in [4.69, 9.17) is 4.52 Å². The first-order valence-corrected chi connectivity index (χ1v) is 7.70. The Balaban J connectivity index is 1.85. The fourth-order valence-electron chi connectivity index (χ4n) is 2.72. The van der Waals surface area contributed by atoms with Gasteiger partial charge in [0.05, 0.1) is 11.7 Å². The topological polar surface area (TPSA) is 58.4 Å². The van der Waals surface area contributed by atoms with E-state index >= 15 is 0 Å². The molecule has 1 aliphatic heterocycles. The smallest absolute Gasteiger partial charge is 0.293 e. The van der Waals surface area contributed by atoms with Gasteiger partial charge >= 0.3 is 0 Å². The van der Waals surface area contributed by atoms with E-state index in [0.717, 1.165) is 24.3 Å². The molecule has 1 unspecified atom stereocenters. The summed E-state index contributed by atoms with van der Waals surface area (Å²) >= 11 is 0. The molecule has 2 heterocycles. The third-order valence-electron chi connectivity index (χ3n) is 4.02. The fourth-order valence-corrected chi connectivity index (χ4v) is 2.72. The van der Waals surface area contributed by atoms with Crippen LogP contribution in [0.5, 0.6) is 0 Å². The van der Waals surface area contributed by atoms with E-state index in [1.807, 2.05) is 36.9 Å². The summed E-state index contributed by atoms with van der Waals surface area (Å²) in [6, 6.07) is 11.9. The average molecular weight is 299 g/mol. The average Bonchev–Trinajstić information content (AvgIpc) is 3.05. The molecule has 0 radical (unpaired) electrons. The molecule has 1 N–H and O–H groups in total. The number of rotatable bonds is 3. The van der Waals surface area contributed by atoms with Gasteiger partial charge in [0.1, 0.15) is 0 Å². The highest BCUT2D eigenvalue weighted by molar-refractivity contribution is 5.92. The summed E-state index contributed by atoms with van der Waals surface area (Å²) in [5.74, 6) is 0.486. The number of nitrogens with one attached hydrogen (secondary N) is 1. The van der Waals surface area contributed by atoms with Crippen molar-refractivity contribution in [1.82, 2.24) is 15.4 Å². The molecule has 0 bridgehead atoms. The molecule has 0 aliphatic carbocycles. The fraction of sp³-hybridized carbons (Fsp3) is 0.412. The number of hydrogen-bond donors (Lipinski definition) is 1. The summed E-state index contributed by atoms with van der Waals surface area (Å²) in [6.45, 7) is 6.27. The highest BCUT2D eigenvalue weighted by atomic mass is 16.5. The Morgan fingerprint density at radius 1 is 1.36 bits per heavy atom. The minimum absolute atomic E-state index is 0.0232. The van der Waals surface area contributed by atoms with Crippen LogP contribution in [0.3, 0.4) is 0 Å². The summed E-state index contributed by atoms with van der Waals surface area (Å²) < 4.78 is 5.26. The number of carbonyl (C=O) groups is 1. The van der Waals surface area contributed by atoms with Crippen molar-refractivity contribution in [2.24, 2.45) is 0 Å². The maximum atomic E-state index is 12.8. The Bertz CT molecular complexity index is 636. The van der Waals surface area contributed by atoms with Gasteiger partial charge in [-0.25, -0.2) is 0 Å². The Kier molecular flexibility index (Phi) is 4.24. The van der Waals surface area contributed by atoms with E-state index in [2.05, 4.69) is 22.6 Å². The predicted octanol–water partition coefficient (Wildman–Crippen LogP) is 2.58. The van der Waals surface area contributed by atoms with Gasteiger partial charge in [-0.05, 0) is 11.5 Å². The van der Waals surface area contributed by atoms with Gasteiger partial charge in [0.25, 0.3) is 5.91 Å². The first kappa shape index (κ1) is 14.8. The summed E-state index contributed by atoms with van der Waals surface area (Å²) in [5, 5.41) is 7.34. The number of piperazine rings is 1. The van der Waals surface area contributed by atoms with Crippen molar-refractivity contribution in [2.45, 2.75) is 25.8 Å². The summed E-state index contributed by atoms with van der Waals surface area (Å²) in [6.07, 6.45) is 0. The Morgan fingerprint density at radius 2 is 2.14 bits per heavy atom. The molecule has 22 heavy (non-hydrogen) atoms. The zero-order chi connectivity index (χ0) is 15.5. The molecular weight excluding hydrogens is 278 g/mol. The van der Waals surface area contributed by atoms with E-state index in [1.165, 1.54) is 0 Å². The van der Waals surface area contributed by atoms with Crippen molar-refractivity contribution >= 4 is 5.91 Å². The molecular formula is C17H21N3O2. The van der Waals surface area contributed by atoms with Crippen LogP contribution in [0.4, 0.5) is 0 Å². The zero-order valence-corrected chi connectivity index (χ0v) is 13.0. The van der Waals surface area contributed by atoms with Crippen LogP contribution in [-0.2, 0) is 0 Å². The van der Waals surface area contributed by atoms with Crippen molar-refractivity contribution < 1.29 is 9.32 Å². The standard InChI is InChI=1S/C17H21N3O2/c1-12(2)14-10-16(22-19-14)17(21)20-9-8-18-11-15(20)13-6-4-3-5-7-13/h3-7,10,12,15,18H,8-9,11H2,1-2H3. The minimum atomic E-state index is -0.0882. The van der Waals surface area contributed by atoms with Crippen LogP contribution in [0.15, 0.2) is 40.9 Å². The van der Waals surface area contributed by atoms with E-state index in [9.17, 15) is 4.79 Å². The normalized spacial score (nSPS) is 18.7. The van der Waals surface area contributed by atoms with Crippen molar-refractivity contribution in [2.75, 3.05) is 19.6 Å². The van der Waals surface area contributed by atoms with Crippen LogP contribution >= 0.6 is 0 Å². The van der Waals surface area contributed by atoms with Crippen molar-refractivity contribution in [3.63, 3.8) is 0 Å². The van der Waals surface area contributed by atoms with Gasteiger partial charge < -0.3 is 14.7 Å². The monoisotopic (exact) mass is 299 g/mol. The Labute approximate surface area is 130 Å². The third-order valence-corrected chi connectivity index (χ3v) is 4.02. The van der Waals surface area contributed by atoms with Gasteiger partial charge in [-0.3, -0.25) is 4.79 Å². The maximum absolute atomic E-state index is 12.8. The van der Waals surface area contributed by atoms with Crippen LogP contribution in [0.1, 0.15) is 47.6 Å². The molecule has 1 amide bonds. The van der Waals surface area contributed by atoms with E-state index in [-0.39, 0.29) is 17.9 Å². The highest BCUT2D eigenvalue weighted by Gasteiger charge is 2.30. The van der Waals surface area contributed by atoms with Gasteiger partial charge in [0.2, 0.25) is 5.76 Å². The van der Waals surface area contributed by atoms with Crippen LogP contribution in [-0.4, -0.2) is 35.6 Å². The molecule has 1 aliphatic rings. The number of aromatic nitrogens is 1. The maximum Gasteiger partial charge on any atom is 0.293 e. The lowest BCUT2D eigenvalue weighted by molar-refractivity contribution is 0.0592. The van der Waals surface area contributed by atoms with Gasteiger partial charge in [-0.1, -0.05) is 49.3 Å². The predicted molar refractivity (Wildman–Crippen MR) is 83.7 cm³/mol. The molecule has 1 aromatic carbocycles. The second-order valence-electron chi connectivity index (χ2n) is 5.90. The summed E-state index contributed by atoms with van der Waals surface area (Å²) in [4.78, 5) is 14.7. The zero-order valence-electron chi connectivity index (χ0n) is 13.0. The minimum Gasteiger partial charge on any atom is -0.351 e. The van der Waals surface area contributed by atoms with Gasteiger partial charge in [0.15, 0.2) is 0 Å². The quantitative estimate of drug-likeness (QED) is 0.946. The van der Waals surface area contributed by atoms with Crippen LogP contribution in [0.2, 0.25) is 0 Å². The van der Waals surface area contributed by atoms with Gasteiger partial charge in [0, 0.05) is 25.7 Å². The van der Waals surface area contributed by atoms with E-state index < -0.39 is 0 Å². The molecule has 5 nitrogen and oxygen atoms in total. The van der Waals surface area contributed by atoms with Crippen LogP contribution < -0.4 is 5.32 Å². The van der Waals surface area contributed by atoms with Crippen molar-refractivity contribution in [3.8, 4) is 0 Å². The van der Waals surface area contributed by atoms with Crippen LogP contribution in [0.25, 0.3) is 0 Å². The molecule has 1 atom stereocenters. The molecule has 1 aromatic heterocycles. The molecule has 0 spiro atoms. The molecule has 3 rings (SSSR count). The number of nitrogens with zero attached hydrogens (tertiary/aromatic N) is 2. The molecule has 0 saturated carbocycles. The Hall–Kier alpha value is -2.14. The number of hydrogen-bond acceptors (Lipinski definition) is 4. The lowest BCUT2D eigenvalue weighted by atomic mass is 10.0. The lowest BCUT2D eigenvalue weighted by Gasteiger charge is -2.35.